The van der Waals surface area contributed by atoms with Crippen molar-refractivity contribution in [3.05, 3.63) is 82.6 Å². The number of benzene rings is 3. The standard InChI is InChI=1S/C21H12F3NO3/c22-21(23,24)19(27)16-18(26)15-11-10-12-6-4-5-9-14(12)17(15)25(20(16)28)13-7-2-1-3-8-13/h1-11,26H. The lowest BCUT2D eigenvalue weighted by Crippen LogP contribution is -2.33. The maximum Gasteiger partial charge on any atom is 0.455 e. The van der Waals surface area contributed by atoms with Crippen LogP contribution < -0.4 is 5.56 Å². The number of nitrogens with zero attached hydrogens (tertiary/aromatic N) is 1. The number of para-hydroxylation sites is 1. The van der Waals surface area contributed by atoms with Crippen LogP contribution in [0.3, 0.4) is 0 Å². The predicted octanol–water partition coefficient (Wildman–Crippen LogP) is 4.59. The van der Waals surface area contributed by atoms with Gasteiger partial charge in [0.05, 0.1) is 5.52 Å². The van der Waals surface area contributed by atoms with Crippen molar-refractivity contribution < 1.29 is 23.1 Å². The zero-order chi connectivity index (χ0) is 20.1. The number of aromatic nitrogens is 1. The van der Waals surface area contributed by atoms with E-state index in [2.05, 4.69) is 0 Å². The number of alkyl halides is 3. The number of ketones is 1. The van der Waals surface area contributed by atoms with Gasteiger partial charge in [0.15, 0.2) is 0 Å². The third-order valence-electron chi connectivity index (χ3n) is 4.53. The first-order chi connectivity index (χ1) is 13.3. The number of fused-ring (bicyclic) bond motifs is 3. The number of rotatable bonds is 2. The van der Waals surface area contributed by atoms with Crippen LogP contribution in [-0.2, 0) is 0 Å². The predicted molar refractivity (Wildman–Crippen MR) is 99.1 cm³/mol. The topological polar surface area (TPSA) is 59.3 Å². The fourth-order valence-corrected chi connectivity index (χ4v) is 3.31. The van der Waals surface area contributed by atoms with E-state index < -0.39 is 28.8 Å². The van der Waals surface area contributed by atoms with E-state index in [-0.39, 0.29) is 16.6 Å². The highest BCUT2D eigenvalue weighted by Gasteiger charge is 2.43. The molecule has 0 saturated heterocycles. The molecule has 0 spiro atoms. The summed E-state index contributed by atoms with van der Waals surface area (Å²) in [6, 6.07) is 18.0. The highest BCUT2D eigenvalue weighted by molar-refractivity contribution is 6.12. The Morgan fingerprint density at radius 2 is 1.50 bits per heavy atom. The molecule has 0 aliphatic carbocycles. The van der Waals surface area contributed by atoms with E-state index in [1.54, 1.807) is 60.7 Å². The summed E-state index contributed by atoms with van der Waals surface area (Å²) in [4.78, 5) is 24.9. The molecule has 0 fully saturated rings. The lowest BCUT2D eigenvalue weighted by Gasteiger charge is -2.17. The van der Waals surface area contributed by atoms with Gasteiger partial charge in [-0.2, -0.15) is 13.2 Å². The Labute approximate surface area is 156 Å². The summed E-state index contributed by atoms with van der Waals surface area (Å²) >= 11 is 0. The second kappa shape index (κ2) is 6.23. The Hall–Kier alpha value is -3.61. The quantitative estimate of drug-likeness (QED) is 0.407. The van der Waals surface area contributed by atoms with Gasteiger partial charge in [-0.05, 0) is 23.6 Å². The van der Waals surface area contributed by atoms with E-state index in [4.69, 9.17) is 0 Å². The summed E-state index contributed by atoms with van der Waals surface area (Å²) in [7, 11) is 0. The molecular weight excluding hydrogens is 371 g/mol. The Kier molecular flexibility index (Phi) is 3.96. The second-order valence-corrected chi connectivity index (χ2v) is 6.21. The second-order valence-electron chi connectivity index (χ2n) is 6.21. The van der Waals surface area contributed by atoms with Gasteiger partial charge in [-0.15, -0.1) is 0 Å². The largest absolute Gasteiger partial charge is 0.506 e. The highest BCUT2D eigenvalue weighted by Crippen LogP contribution is 2.35. The zero-order valence-electron chi connectivity index (χ0n) is 14.2. The number of carbonyl (C=O) groups is 1. The van der Waals surface area contributed by atoms with Gasteiger partial charge >= 0.3 is 6.18 Å². The first kappa shape index (κ1) is 17.8. The Morgan fingerprint density at radius 1 is 0.857 bits per heavy atom. The molecule has 0 saturated carbocycles. The minimum absolute atomic E-state index is 0.0187. The maximum absolute atomic E-state index is 13.1. The van der Waals surface area contributed by atoms with Crippen molar-refractivity contribution in [2.45, 2.75) is 6.18 Å². The first-order valence-corrected chi connectivity index (χ1v) is 8.27. The van der Waals surface area contributed by atoms with Gasteiger partial charge in [0.1, 0.15) is 11.3 Å². The van der Waals surface area contributed by atoms with Crippen LogP contribution in [-0.4, -0.2) is 21.6 Å². The molecule has 28 heavy (non-hydrogen) atoms. The Morgan fingerprint density at radius 3 is 2.18 bits per heavy atom. The van der Waals surface area contributed by atoms with Gasteiger partial charge in [-0.25, -0.2) is 0 Å². The molecule has 0 bridgehead atoms. The lowest BCUT2D eigenvalue weighted by molar-refractivity contribution is -0.0887. The summed E-state index contributed by atoms with van der Waals surface area (Å²) in [5, 5.41) is 11.7. The van der Waals surface area contributed by atoms with Crippen LogP contribution in [0.5, 0.6) is 5.75 Å². The van der Waals surface area contributed by atoms with Crippen LogP contribution in [0.25, 0.3) is 27.4 Å². The number of carbonyl (C=O) groups excluding carboxylic acids is 1. The van der Waals surface area contributed by atoms with Gasteiger partial charge in [-0.3, -0.25) is 14.2 Å². The average molecular weight is 383 g/mol. The molecule has 0 unspecified atom stereocenters. The number of Topliss-reactive ketones (excluding diaryl/α,β-unsaturated/α-hetero) is 1. The van der Waals surface area contributed by atoms with E-state index in [9.17, 15) is 27.9 Å². The van der Waals surface area contributed by atoms with E-state index in [1.165, 1.54) is 6.07 Å². The first-order valence-electron chi connectivity index (χ1n) is 8.27. The fourth-order valence-electron chi connectivity index (χ4n) is 3.31. The molecule has 1 aromatic heterocycles. The molecule has 0 aliphatic rings. The van der Waals surface area contributed by atoms with Crippen molar-refractivity contribution in [3.8, 4) is 11.4 Å². The van der Waals surface area contributed by atoms with E-state index >= 15 is 0 Å². The summed E-state index contributed by atoms with van der Waals surface area (Å²) in [5.41, 5.74) is -2.01. The number of hydrogen-bond donors (Lipinski definition) is 1. The third kappa shape index (κ3) is 2.63. The Bertz CT molecular complexity index is 1290. The van der Waals surface area contributed by atoms with Crippen molar-refractivity contribution in [1.29, 1.82) is 0 Å². The molecule has 1 heterocycles. The molecule has 0 radical (unpaired) electrons. The molecule has 3 aromatic carbocycles. The van der Waals surface area contributed by atoms with Gasteiger partial charge in [0, 0.05) is 16.5 Å². The molecule has 4 nitrogen and oxygen atoms in total. The molecular formula is C21H12F3NO3. The molecule has 4 aromatic rings. The minimum atomic E-state index is -5.30. The summed E-state index contributed by atoms with van der Waals surface area (Å²) in [6.45, 7) is 0. The number of pyridine rings is 1. The van der Waals surface area contributed by atoms with Crippen LogP contribution in [0.2, 0.25) is 0 Å². The van der Waals surface area contributed by atoms with Crippen molar-refractivity contribution in [2.24, 2.45) is 0 Å². The van der Waals surface area contributed by atoms with Crippen LogP contribution in [0, 0.1) is 0 Å². The molecule has 140 valence electrons. The van der Waals surface area contributed by atoms with Crippen molar-refractivity contribution in [3.63, 3.8) is 0 Å². The highest BCUT2D eigenvalue weighted by atomic mass is 19.4. The van der Waals surface area contributed by atoms with Crippen molar-refractivity contribution in [1.82, 2.24) is 4.57 Å². The smallest absolute Gasteiger partial charge is 0.455 e. The third-order valence-corrected chi connectivity index (χ3v) is 4.53. The zero-order valence-corrected chi connectivity index (χ0v) is 14.2. The minimum Gasteiger partial charge on any atom is -0.506 e. The maximum atomic E-state index is 13.1. The van der Waals surface area contributed by atoms with Crippen LogP contribution in [0.4, 0.5) is 13.2 Å². The van der Waals surface area contributed by atoms with E-state index in [0.29, 0.717) is 5.39 Å². The number of hydrogen-bond acceptors (Lipinski definition) is 3. The van der Waals surface area contributed by atoms with Gasteiger partial charge in [0.25, 0.3) is 11.3 Å². The van der Waals surface area contributed by atoms with E-state index in [1.807, 2.05) is 0 Å². The SMILES string of the molecule is O=C(c1c(O)c2ccc3ccccc3c2n(-c2ccccc2)c1=O)C(F)(F)F. The molecule has 0 amide bonds. The van der Waals surface area contributed by atoms with Crippen molar-refractivity contribution >= 4 is 27.5 Å². The van der Waals surface area contributed by atoms with Crippen molar-refractivity contribution in [2.75, 3.05) is 0 Å². The van der Waals surface area contributed by atoms with Crippen LogP contribution >= 0.6 is 0 Å². The van der Waals surface area contributed by atoms with Gasteiger partial charge in [-0.1, -0.05) is 48.5 Å². The molecule has 7 heteroatoms. The lowest BCUT2D eigenvalue weighted by atomic mass is 10.0. The molecule has 1 N–H and O–H groups in total. The number of halogens is 3. The van der Waals surface area contributed by atoms with Crippen LogP contribution in [0.15, 0.2) is 71.5 Å². The van der Waals surface area contributed by atoms with Crippen LogP contribution in [0.1, 0.15) is 10.4 Å². The molecule has 0 atom stereocenters. The monoisotopic (exact) mass is 383 g/mol. The fraction of sp³-hybridized carbons (Fsp3) is 0.0476. The van der Waals surface area contributed by atoms with E-state index in [0.717, 1.165) is 9.95 Å². The molecule has 4 rings (SSSR count). The summed E-state index contributed by atoms with van der Waals surface area (Å²) in [5.74, 6) is -3.35. The number of aromatic hydroxyl groups is 1. The molecule has 0 aliphatic heterocycles. The van der Waals surface area contributed by atoms with Gasteiger partial charge in [0.2, 0.25) is 0 Å². The van der Waals surface area contributed by atoms with Gasteiger partial charge < -0.3 is 5.11 Å². The normalized spacial score (nSPS) is 11.8. The average Bonchev–Trinajstić information content (AvgIpc) is 2.68. The summed E-state index contributed by atoms with van der Waals surface area (Å²) in [6.07, 6.45) is -5.30. The summed E-state index contributed by atoms with van der Waals surface area (Å²) < 4.78 is 40.3. The Balaban J connectivity index is 2.27.